The van der Waals surface area contributed by atoms with Gasteiger partial charge in [0.25, 0.3) is 5.91 Å². The molecule has 2 fully saturated rings. The third-order valence-corrected chi connectivity index (χ3v) is 4.96. The minimum Gasteiger partial charge on any atom is -0.345 e. The molecule has 0 bridgehead atoms. The van der Waals surface area contributed by atoms with Crippen LogP contribution in [0.15, 0.2) is 30.3 Å². The molecule has 0 radical (unpaired) electrons. The van der Waals surface area contributed by atoms with Gasteiger partial charge < -0.3 is 15.5 Å². The molecule has 5 nitrogen and oxygen atoms in total. The standard InChI is InChI=1S/C18H25N3O2/c22-17(13-16-18(23)20-9-8-19-16)21-10-6-15(7-11-21)12-14-4-2-1-3-5-14/h1-5,15-16,19H,6-13H2,(H,20,23)/p+1/t16-/m1/s1. The highest BCUT2D eigenvalue weighted by Crippen LogP contribution is 2.22. The fourth-order valence-electron chi connectivity index (χ4n) is 3.55. The molecule has 0 saturated carbocycles. The maximum Gasteiger partial charge on any atom is 0.278 e. The SMILES string of the molecule is O=C1NCC[NH2+][C@@H]1CC(=O)N1CCC(Cc2ccccc2)CC1. The van der Waals surface area contributed by atoms with E-state index in [1.807, 2.05) is 16.3 Å². The summed E-state index contributed by atoms with van der Waals surface area (Å²) < 4.78 is 0. The van der Waals surface area contributed by atoms with Crippen LogP contribution in [0.2, 0.25) is 0 Å². The van der Waals surface area contributed by atoms with Crippen molar-refractivity contribution in [1.29, 1.82) is 0 Å². The topological polar surface area (TPSA) is 66.0 Å². The fraction of sp³-hybridized carbons (Fsp3) is 0.556. The van der Waals surface area contributed by atoms with E-state index in [4.69, 9.17) is 0 Å². The summed E-state index contributed by atoms with van der Waals surface area (Å²) in [6, 6.07) is 10.3. The summed E-state index contributed by atoms with van der Waals surface area (Å²) in [7, 11) is 0. The van der Waals surface area contributed by atoms with E-state index in [2.05, 4.69) is 29.6 Å². The zero-order valence-corrected chi connectivity index (χ0v) is 13.5. The molecular formula is C18H26N3O2+. The molecule has 3 N–H and O–H groups in total. The number of piperazine rings is 1. The van der Waals surface area contributed by atoms with Gasteiger partial charge in [-0.2, -0.15) is 0 Å². The van der Waals surface area contributed by atoms with Crippen LogP contribution in [-0.2, 0) is 16.0 Å². The monoisotopic (exact) mass is 316 g/mol. The highest BCUT2D eigenvalue weighted by Gasteiger charge is 2.31. The summed E-state index contributed by atoms with van der Waals surface area (Å²) in [5, 5.41) is 4.82. The van der Waals surface area contributed by atoms with E-state index in [9.17, 15) is 9.59 Å². The van der Waals surface area contributed by atoms with Crippen molar-refractivity contribution in [2.75, 3.05) is 26.2 Å². The van der Waals surface area contributed by atoms with Gasteiger partial charge in [0, 0.05) is 13.1 Å². The van der Waals surface area contributed by atoms with E-state index < -0.39 is 0 Å². The van der Waals surface area contributed by atoms with Crippen LogP contribution in [0.25, 0.3) is 0 Å². The van der Waals surface area contributed by atoms with Gasteiger partial charge in [-0.15, -0.1) is 0 Å². The summed E-state index contributed by atoms with van der Waals surface area (Å²) in [5.41, 5.74) is 1.38. The fourth-order valence-corrected chi connectivity index (χ4v) is 3.55. The molecule has 3 rings (SSSR count). The predicted octanol–water partition coefficient (Wildman–Crippen LogP) is -0.0804. The number of hydrogen-bond donors (Lipinski definition) is 2. The third kappa shape index (κ3) is 4.32. The first-order valence-electron chi connectivity index (χ1n) is 8.65. The minimum absolute atomic E-state index is 0.00330. The molecule has 2 aliphatic heterocycles. The van der Waals surface area contributed by atoms with Crippen molar-refractivity contribution in [3.63, 3.8) is 0 Å². The molecule has 23 heavy (non-hydrogen) atoms. The number of hydrogen-bond acceptors (Lipinski definition) is 2. The number of benzene rings is 1. The second-order valence-electron chi connectivity index (χ2n) is 6.64. The van der Waals surface area contributed by atoms with Crippen LogP contribution in [0, 0.1) is 5.92 Å². The maximum absolute atomic E-state index is 12.4. The zero-order chi connectivity index (χ0) is 16.1. The molecule has 0 aliphatic carbocycles. The van der Waals surface area contributed by atoms with Crippen molar-refractivity contribution in [2.45, 2.75) is 31.7 Å². The average Bonchev–Trinajstić information content (AvgIpc) is 2.58. The van der Waals surface area contributed by atoms with Crippen LogP contribution >= 0.6 is 0 Å². The Hall–Kier alpha value is -1.88. The Morgan fingerprint density at radius 1 is 1.22 bits per heavy atom. The first-order valence-corrected chi connectivity index (χ1v) is 8.65. The summed E-state index contributed by atoms with van der Waals surface area (Å²) in [5.74, 6) is 0.788. The number of nitrogens with one attached hydrogen (secondary N) is 1. The van der Waals surface area contributed by atoms with Crippen molar-refractivity contribution in [3.8, 4) is 0 Å². The van der Waals surface area contributed by atoms with Gasteiger partial charge in [-0.25, -0.2) is 0 Å². The second-order valence-corrected chi connectivity index (χ2v) is 6.64. The summed E-state index contributed by atoms with van der Waals surface area (Å²) in [6.45, 7) is 3.21. The van der Waals surface area contributed by atoms with E-state index in [0.29, 0.717) is 18.9 Å². The Morgan fingerprint density at radius 3 is 2.65 bits per heavy atom. The second kappa shape index (κ2) is 7.59. The van der Waals surface area contributed by atoms with Crippen molar-refractivity contribution >= 4 is 11.8 Å². The number of carbonyl (C=O) groups excluding carboxylic acids is 2. The van der Waals surface area contributed by atoms with Gasteiger partial charge in [-0.3, -0.25) is 9.59 Å². The van der Waals surface area contributed by atoms with Gasteiger partial charge in [0.15, 0.2) is 6.04 Å². The Bertz CT molecular complexity index is 538. The summed E-state index contributed by atoms with van der Waals surface area (Å²) in [4.78, 5) is 26.1. The molecule has 1 atom stereocenters. The van der Waals surface area contributed by atoms with Crippen molar-refractivity contribution in [3.05, 3.63) is 35.9 Å². The third-order valence-electron chi connectivity index (χ3n) is 4.96. The molecule has 1 aromatic carbocycles. The predicted molar refractivity (Wildman–Crippen MR) is 87.7 cm³/mol. The van der Waals surface area contributed by atoms with Gasteiger partial charge in [-0.05, 0) is 30.7 Å². The molecule has 2 saturated heterocycles. The van der Waals surface area contributed by atoms with Crippen LogP contribution in [-0.4, -0.2) is 48.9 Å². The molecule has 5 heteroatoms. The number of nitrogens with zero attached hydrogens (tertiary/aromatic N) is 1. The van der Waals surface area contributed by atoms with E-state index in [1.54, 1.807) is 0 Å². The first-order chi connectivity index (χ1) is 11.2. The van der Waals surface area contributed by atoms with E-state index >= 15 is 0 Å². The Labute approximate surface area is 137 Å². The van der Waals surface area contributed by atoms with E-state index in [1.165, 1.54) is 5.56 Å². The lowest BCUT2D eigenvalue weighted by atomic mass is 9.90. The number of amides is 2. The van der Waals surface area contributed by atoms with Crippen molar-refractivity contribution in [1.82, 2.24) is 10.2 Å². The molecule has 0 aromatic heterocycles. The number of nitrogens with two attached hydrogens (primary N) is 1. The molecule has 1 aromatic rings. The lowest BCUT2D eigenvalue weighted by molar-refractivity contribution is -0.678. The van der Waals surface area contributed by atoms with E-state index in [-0.39, 0.29) is 17.9 Å². The van der Waals surface area contributed by atoms with Crippen molar-refractivity contribution < 1.29 is 14.9 Å². The molecule has 0 spiro atoms. The maximum atomic E-state index is 12.4. The van der Waals surface area contributed by atoms with Crippen molar-refractivity contribution in [2.24, 2.45) is 5.92 Å². The normalized spacial score (nSPS) is 22.7. The molecule has 0 unspecified atom stereocenters. The summed E-state index contributed by atoms with van der Waals surface area (Å²) in [6.07, 6.45) is 3.54. The van der Waals surface area contributed by atoms with Gasteiger partial charge in [0.1, 0.15) is 0 Å². The summed E-state index contributed by atoms with van der Waals surface area (Å²) >= 11 is 0. The van der Waals surface area contributed by atoms with Gasteiger partial charge in [0.05, 0.1) is 19.5 Å². The highest BCUT2D eigenvalue weighted by atomic mass is 16.2. The molecular weight excluding hydrogens is 290 g/mol. The van der Waals surface area contributed by atoms with Crippen LogP contribution in [0.1, 0.15) is 24.8 Å². The highest BCUT2D eigenvalue weighted by molar-refractivity contribution is 5.87. The Balaban J connectivity index is 1.45. The number of rotatable bonds is 4. The van der Waals surface area contributed by atoms with Crippen LogP contribution in [0.4, 0.5) is 0 Å². The molecule has 2 heterocycles. The number of carbonyl (C=O) groups is 2. The molecule has 2 aliphatic rings. The number of quaternary nitrogens is 1. The van der Waals surface area contributed by atoms with Crippen LogP contribution in [0.3, 0.4) is 0 Å². The lowest BCUT2D eigenvalue weighted by Crippen LogP contribution is -2.96. The minimum atomic E-state index is -0.238. The quantitative estimate of drug-likeness (QED) is 0.816. The van der Waals surface area contributed by atoms with Gasteiger partial charge in [0.2, 0.25) is 5.91 Å². The molecule has 2 amide bonds. The largest absolute Gasteiger partial charge is 0.345 e. The van der Waals surface area contributed by atoms with Gasteiger partial charge in [-0.1, -0.05) is 30.3 Å². The first kappa shape index (κ1) is 16.0. The average molecular weight is 316 g/mol. The van der Waals surface area contributed by atoms with Crippen LogP contribution < -0.4 is 10.6 Å². The van der Waals surface area contributed by atoms with Crippen LogP contribution in [0.5, 0.6) is 0 Å². The lowest BCUT2D eigenvalue weighted by Gasteiger charge is -2.33. The smallest absolute Gasteiger partial charge is 0.278 e. The van der Waals surface area contributed by atoms with Gasteiger partial charge >= 0.3 is 0 Å². The zero-order valence-electron chi connectivity index (χ0n) is 13.5. The Kier molecular flexibility index (Phi) is 5.28. The Morgan fingerprint density at radius 2 is 1.96 bits per heavy atom. The van der Waals surface area contributed by atoms with E-state index in [0.717, 1.165) is 38.9 Å². The number of likely N-dealkylation sites (tertiary alicyclic amines) is 1. The molecule has 124 valence electrons. The number of piperidine rings is 1.